The molecule has 1 heterocycles. The number of aromatic nitrogens is 2. The molecule has 0 aliphatic heterocycles. The molecule has 0 spiro atoms. The summed E-state index contributed by atoms with van der Waals surface area (Å²) in [6, 6.07) is 32.0. The number of nitrogens with one attached hydrogen (secondary N) is 1. The van der Waals surface area contributed by atoms with E-state index in [1.807, 2.05) is 55.5 Å². The third kappa shape index (κ3) is 3.68. The lowest BCUT2D eigenvalue weighted by molar-refractivity contribution is 0.0938. The van der Waals surface area contributed by atoms with Crippen LogP contribution in [-0.2, 0) is 6.54 Å². The highest BCUT2D eigenvalue weighted by Gasteiger charge is 2.19. The first kappa shape index (κ1) is 19.1. The van der Waals surface area contributed by atoms with E-state index >= 15 is 0 Å². The van der Waals surface area contributed by atoms with Crippen molar-refractivity contribution in [3.8, 4) is 0 Å². The highest BCUT2D eigenvalue weighted by molar-refractivity contribution is 5.94. The second kappa shape index (κ2) is 8.07. The second-order valence-electron chi connectivity index (χ2n) is 7.74. The SMILES string of the molecule is CC(NC(=O)c1ccccc1)c1nc2ccccc2n1Cc1cccc2ccccc12. The van der Waals surface area contributed by atoms with Crippen molar-refractivity contribution in [1.29, 1.82) is 0 Å². The minimum Gasteiger partial charge on any atom is -0.342 e. The van der Waals surface area contributed by atoms with Crippen molar-refractivity contribution in [3.05, 3.63) is 114 Å². The van der Waals surface area contributed by atoms with Gasteiger partial charge in [-0.25, -0.2) is 4.98 Å². The van der Waals surface area contributed by atoms with E-state index in [9.17, 15) is 4.79 Å². The van der Waals surface area contributed by atoms with E-state index in [1.165, 1.54) is 16.3 Å². The molecular formula is C27H23N3O. The molecule has 1 amide bonds. The summed E-state index contributed by atoms with van der Waals surface area (Å²) < 4.78 is 2.22. The number of rotatable bonds is 5. The van der Waals surface area contributed by atoms with E-state index in [2.05, 4.69) is 58.4 Å². The van der Waals surface area contributed by atoms with Gasteiger partial charge in [0.2, 0.25) is 0 Å². The minimum absolute atomic E-state index is 0.100. The van der Waals surface area contributed by atoms with Crippen molar-refractivity contribution in [2.75, 3.05) is 0 Å². The summed E-state index contributed by atoms with van der Waals surface area (Å²) in [5.74, 6) is 0.746. The lowest BCUT2D eigenvalue weighted by Gasteiger charge is -2.17. The fraction of sp³-hybridized carbons (Fsp3) is 0.111. The zero-order valence-electron chi connectivity index (χ0n) is 17.3. The van der Waals surface area contributed by atoms with Crippen molar-refractivity contribution in [3.63, 3.8) is 0 Å². The first-order chi connectivity index (χ1) is 15.2. The van der Waals surface area contributed by atoms with Gasteiger partial charge in [0.15, 0.2) is 0 Å². The number of nitrogens with zero attached hydrogens (tertiary/aromatic N) is 2. The molecule has 0 aliphatic rings. The van der Waals surface area contributed by atoms with Gasteiger partial charge >= 0.3 is 0 Å². The topological polar surface area (TPSA) is 46.9 Å². The highest BCUT2D eigenvalue weighted by Crippen LogP contribution is 2.25. The molecule has 0 fully saturated rings. The molecule has 31 heavy (non-hydrogen) atoms. The van der Waals surface area contributed by atoms with Gasteiger partial charge in [0.25, 0.3) is 5.91 Å². The average molecular weight is 406 g/mol. The van der Waals surface area contributed by atoms with Crippen LogP contribution in [0.2, 0.25) is 0 Å². The third-order valence-corrected chi connectivity index (χ3v) is 5.66. The van der Waals surface area contributed by atoms with Gasteiger partial charge in [0, 0.05) is 5.56 Å². The summed E-state index contributed by atoms with van der Waals surface area (Å²) >= 11 is 0. The maximum absolute atomic E-state index is 12.7. The van der Waals surface area contributed by atoms with Crippen LogP contribution in [0.15, 0.2) is 97.1 Å². The molecule has 1 atom stereocenters. The predicted octanol–water partition coefficient (Wildman–Crippen LogP) is 5.73. The van der Waals surface area contributed by atoms with E-state index in [0.29, 0.717) is 12.1 Å². The molecule has 0 aliphatic carbocycles. The van der Waals surface area contributed by atoms with E-state index in [0.717, 1.165) is 16.9 Å². The van der Waals surface area contributed by atoms with Gasteiger partial charge in [-0.05, 0) is 47.5 Å². The smallest absolute Gasteiger partial charge is 0.251 e. The van der Waals surface area contributed by atoms with Crippen LogP contribution >= 0.6 is 0 Å². The van der Waals surface area contributed by atoms with Crippen LogP contribution in [0.3, 0.4) is 0 Å². The Morgan fingerprint density at radius 3 is 2.45 bits per heavy atom. The number of benzene rings is 4. The summed E-state index contributed by atoms with van der Waals surface area (Å²) in [5.41, 5.74) is 3.86. The molecule has 4 heteroatoms. The number of imidazole rings is 1. The quantitative estimate of drug-likeness (QED) is 0.406. The van der Waals surface area contributed by atoms with Crippen LogP contribution in [-0.4, -0.2) is 15.5 Å². The lowest BCUT2D eigenvalue weighted by atomic mass is 10.0. The molecule has 0 bridgehead atoms. The second-order valence-corrected chi connectivity index (χ2v) is 7.74. The summed E-state index contributed by atoms with van der Waals surface area (Å²) in [6.07, 6.45) is 0. The number of fused-ring (bicyclic) bond motifs is 2. The zero-order chi connectivity index (χ0) is 21.2. The van der Waals surface area contributed by atoms with Crippen LogP contribution in [0.25, 0.3) is 21.8 Å². The van der Waals surface area contributed by atoms with E-state index < -0.39 is 0 Å². The minimum atomic E-state index is -0.241. The first-order valence-corrected chi connectivity index (χ1v) is 10.5. The van der Waals surface area contributed by atoms with Gasteiger partial charge < -0.3 is 9.88 Å². The fourth-order valence-corrected chi connectivity index (χ4v) is 4.13. The van der Waals surface area contributed by atoms with Gasteiger partial charge in [-0.1, -0.05) is 72.8 Å². The number of para-hydroxylation sites is 2. The molecule has 5 aromatic rings. The van der Waals surface area contributed by atoms with Gasteiger partial charge in [-0.15, -0.1) is 0 Å². The van der Waals surface area contributed by atoms with E-state index in [1.54, 1.807) is 0 Å². The van der Waals surface area contributed by atoms with Gasteiger partial charge in [0.05, 0.1) is 23.6 Å². The lowest BCUT2D eigenvalue weighted by Crippen LogP contribution is -2.28. The molecule has 1 aromatic heterocycles. The molecular weight excluding hydrogens is 382 g/mol. The average Bonchev–Trinajstić information content (AvgIpc) is 3.18. The van der Waals surface area contributed by atoms with Crippen LogP contribution in [0, 0.1) is 0 Å². The number of hydrogen-bond acceptors (Lipinski definition) is 2. The fourth-order valence-electron chi connectivity index (χ4n) is 4.13. The van der Waals surface area contributed by atoms with Crippen LogP contribution < -0.4 is 5.32 Å². The maximum Gasteiger partial charge on any atom is 0.251 e. The number of carbonyl (C=O) groups is 1. The Bertz CT molecular complexity index is 1370. The molecule has 1 unspecified atom stereocenters. The van der Waals surface area contributed by atoms with Crippen molar-refractivity contribution in [2.45, 2.75) is 19.5 Å². The zero-order valence-corrected chi connectivity index (χ0v) is 17.3. The van der Waals surface area contributed by atoms with Gasteiger partial charge in [0.1, 0.15) is 5.82 Å². The highest BCUT2D eigenvalue weighted by atomic mass is 16.1. The van der Waals surface area contributed by atoms with Crippen LogP contribution in [0.5, 0.6) is 0 Å². The molecule has 0 saturated carbocycles. The predicted molar refractivity (Wildman–Crippen MR) is 125 cm³/mol. The van der Waals surface area contributed by atoms with Crippen molar-refractivity contribution in [1.82, 2.24) is 14.9 Å². The van der Waals surface area contributed by atoms with E-state index in [-0.39, 0.29) is 11.9 Å². The van der Waals surface area contributed by atoms with Gasteiger partial charge in [-0.2, -0.15) is 0 Å². The molecule has 4 aromatic carbocycles. The summed E-state index contributed by atoms with van der Waals surface area (Å²) in [6.45, 7) is 2.67. The number of hydrogen-bond donors (Lipinski definition) is 1. The Hall–Kier alpha value is -3.92. The summed E-state index contributed by atoms with van der Waals surface area (Å²) in [5, 5.41) is 5.56. The van der Waals surface area contributed by atoms with E-state index in [4.69, 9.17) is 4.98 Å². The summed E-state index contributed by atoms with van der Waals surface area (Å²) in [4.78, 5) is 17.6. The molecule has 5 rings (SSSR count). The Balaban J connectivity index is 1.55. The number of carbonyl (C=O) groups excluding carboxylic acids is 1. The standard InChI is InChI=1S/C27H23N3O/c1-19(28-27(31)21-11-3-2-4-12-21)26-29-24-16-7-8-17-25(24)30(26)18-22-14-9-13-20-10-5-6-15-23(20)22/h2-17,19H,18H2,1H3,(H,28,31). The van der Waals surface area contributed by atoms with Crippen molar-refractivity contribution >= 4 is 27.7 Å². The van der Waals surface area contributed by atoms with Crippen LogP contribution in [0.4, 0.5) is 0 Å². The molecule has 0 saturated heterocycles. The Kier molecular flexibility index (Phi) is 4.97. The van der Waals surface area contributed by atoms with Crippen molar-refractivity contribution < 1.29 is 4.79 Å². The normalized spacial score (nSPS) is 12.2. The third-order valence-electron chi connectivity index (χ3n) is 5.66. The molecule has 0 radical (unpaired) electrons. The maximum atomic E-state index is 12.7. The monoisotopic (exact) mass is 405 g/mol. The Labute approximate surface area is 181 Å². The largest absolute Gasteiger partial charge is 0.342 e. The van der Waals surface area contributed by atoms with Crippen LogP contribution in [0.1, 0.15) is 34.7 Å². The molecule has 152 valence electrons. The Morgan fingerprint density at radius 1 is 0.871 bits per heavy atom. The first-order valence-electron chi connectivity index (χ1n) is 10.5. The molecule has 1 N–H and O–H groups in total. The summed E-state index contributed by atoms with van der Waals surface area (Å²) in [7, 11) is 0. The molecule has 4 nitrogen and oxygen atoms in total. The Morgan fingerprint density at radius 2 is 1.58 bits per heavy atom. The van der Waals surface area contributed by atoms with Gasteiger partial charge in [-0.3, -0.25) is 4.79 Å². The number of amides is 1. The van der Waals surface area contributed by atoms with Crippen molar-refractivity contribution in [2.24, 2.45) is 0 Å².